The molecule has 0 radical (unpaired) electrons. The van der Waals surface area contributed by atoms with Crippen LogP contribution < -0.4 is 4.90 Å². The van der Waals surface area contributed by atoms with Gasteiger partial charge in [-0.15, -0.1) is 0 Å². The molecular formula is C17H20N2S. The van der Waals surface area contributed by atoms with Crippen LogP contribution in [0.3, 0.4) is 0 Å². The molecule has 1 heterocycles. The summed E-state index contributed by atoms with van der Waals surface area (Å²) >= 11 is 0.505. The van der Waals surface area contributed by atoms with E-state index in [1.807, 2.05) is 0 Å². The summed E-state index contributed by atoms with van der Waals surface area (Å²) in [4.78, 5) is -0.495. The second-order valence-corrected chi connectivity index (χ2v) is 4.83. The van der Waals surface area contributed by atoms with Crippen LogP contribution in [0.5, 0.6) is 0 Å². The Balaban J connectivity index is 2.60. The van der Waals surface area contributed by atoms with Crippen LogP contribution in [0.4, 0.5) is 11.4 Å². The van der Waals surface area contributed by atoms with Crippen LogP contribution in [0, 0.1) is 0 Å². The molecule has 0 spiro atoms. The number of benzene rings is 2. The molecule has 1 aliphatic rings. The van der Waals surface area contributed by atoms with Crippen molar-refractivity contribution >= 4 is 23.1 Å². The monoisotopic (exact) mass is 301 g/mol. The molecule has 0 aromatic heterocycles. The van der Waals surface area contributed by atoms with Gasteiger partial charge in [-0.05, 0) is 45.0 Å². The summed E-state index contributed by atoms with van der Waals surface area (Å²) in [6.07, 6.45) is 0. The molecule has 0 saturated heterocycles. The van der Waals surface area contributed by atoms with Gasteiger partial charge in [0.15, 0.2) is 0 Å². The molecule has 0 N–H and O–H groups in total. The molecule has 1 atom stereocenters. The summed E-state index contributed by atoms with van der Waals surface area (Å²) in [5, 5.41) is 0. The minimum absolute atomic E-state index is 0.00846. The Morgan fingerprint density at radius 3 is 2.40 bits per heavy atom. The molecule has 1 unspecified atom stereocenters. The Bertz CT molecular complexity index is 1220. The molecule has 1 aliphatic heterocycles. The maximum absolute atomic E-state index is 8.92. The summed E-state index contributed by atoms with van der Waals surface area (Å²) in [6.45, 7) is -10.7. The fraction of sp³-hybridized carbons (Fsp3) is 0.294. The lowest BCUT2D eigenvalue weighted by Gasteiger charge is -2.36. The van der Waals surface area contributed by atoms with Gasteiger partial charge in [0.05, 0.1) is 25.1 Å². The van der Waals surface area contributed by atoms with E-state index in [2.05, 4.69) is 0 Å². The van der Waals surface area contributed by atoms with Crippen molar-refractivity contribution < 1.29 is 23.3 Å². The Morgan fingerprint density at radius 1 is 1.25 bits per heavy atom. The number of hydrogen-bond acceptors (Lipinski definition) is 3. The average molecular weight is 302 g/mol. The van der Waals surface area contributed by atoms with E-state index in [9.17, 15) is 0 Å². The Labute approximate surface area is 149 Å². The molecule has 3 rings (SSSR count). The fourth-order valence-corrected chi connectivity index (χ4v) is 2.44. The van der Waals surface area contributed by atoms with E-state index in [1.54, 1.807) is 0 Å². The van der Waals surface area contributed by atoms with Crippen molar-refractivity contribution in [3.05, 3.63) is 48.3 Å². The topological polar surface area (TPSA) is 6.48 Å². The van der Waals surface area contributed by atoms with E-state index in [4.69, 9.17) is 23.3 Å². The standard InChI is InChI=1S/C17H20N2S/c1-13(18(2)3)12-19-14-8-4-6-10-16(14)20-17-11-7-5-9-15(17)19/h4-11,13H,12H2,1-3H3/i1D3,2D3,4D,5D,6D,7D,8D,9D,10D,11D,12D2,13D. The van der Waals surface area contributed by atoms with Crippen molar-refractivity contribution in [2.75, 3.05) is 25.4 Å². The van der Waals surface area contributed by atoms with E-state index >= 15 is 0 Å². The van der Waals surface area contributed by atoms with E-state index in [0.29, 0.717) is 23.7 Å². The number of rotatable bonds is 3. The maximum Gasteiger partial charge on any atom is 0.0645 e. The third-order valence-electron chi connectivity index (χ3n) is 2.47. The highest BCUT2D eigenvalue weighted by atomic mass is 32.2. The molecule has 0 fully saturated rings. The molecular weight excluding hydrogens is 264 g/mol. The van der Waals surface area contributed by atoms with Gasteiger partial charge in [0.2, 0.25) is 0 Å². The average Bonchev–Trinajstić information content (AvgIpc) is 2.79. The first-order chi connectivity index (χ1) is 16.5. The maximum atomic E-state index is 8.92. The highest BCUT2D eigenvalue weighted by Gasteiger charge is 2.24. The zero-order chi connectivity index (χ0) is 28.8. The fourth-order valence-electron chi connectivity index (χ4n) is 1.56. The summed E-state index contributed by atoms with van der Waals surface area (Å²) in [5.74, 6) is 0. The van der Waals surface area contributed by atoms with Gasteiger partial charge in [-0.2, -0.15) is 0 Å². The lowest BCUT2D eigenvalue weighted by atomic mass is 10.2. The zero-order valence-electron chi connectivity index (χ0n) is 27.3. The molecule has 0 saturated carbocycles. The van der Waals surface area contributed by atoms with Crippen LogP contribution in [0.1, 0.15) is 30.2 Å². The predicted molar refractivity (Wildman–Crippen MR) is 87.2 cm³/mol. The summed E-state index contributed by atoms with van der Waals surface area (Å²) in [7, 11) is 0.686. The first-order valence-electron chi connectivity index (χ1n) is 14.0. The summed E-state index contributed by atoms with van der Waals surface area (Å²) in [6, 6.07) is -10.0. The van der Waals surface area contributed by atoms with Crippen LogP contribution >= 0.6 is 11.8 Å². The van der Waals surface area contributed by atoms with Crippen LogP contribution in [-0.4, -0.2) is 31.4 Å². The van der Waals surface area contributed by atoms with Crippen LogP contribution in [0.15, 0.2) is 58.1 Å². The Kier molecular flexibility index (Phi) is 1.12. The van der Waals surface area contributed by atoms with Gasteiger partial charge in [0, 0.05) is 31.9 Å². The molecule has 0 bridgehead atoms. The normalized spacial score (nSPS) is 30.7. The van der Waals surface area contributed by atoms with E-state index in [-0.39, 0.29) is 4.90 Å². The van der Waals surface area contributed by atoms with Crippen LogP contribution in [0.25, 0.3) is 0 Å². The Morgan fingerprint density at radius 2 is 1.85 bits per heavy atom. The van der Waals surface area contributed by atoms with Gasteiger partial charge in [0.1, 0.15) is 0 Å². The first kappa shape index (κ1) is 4.05. The molecule has 2 aromatic rings. The second-order valence-electron chi connectivity index (χ2n) is 3.81. The van der Waals surface area contributed by atoms with Crippen molar-refractivity contribution in [2.45, 2.75) is 22.7 Å². The van der Waals surface area contributed by atoms with Gasteiger partial charge < -0.3 is 9.80 Å². The number of hydrogen-bond donors (Lipinski definition) is 0. The van der Waals surface area contributed by atoms with Crippen molar-refractivity contribution in [1.29, 1.82) is 0 Å². The molecule has 104 valence electrons. The third-order valence-corrected chi connectivity index (χ3v) is 3.47. The quantitative estimate of drug-likeness (QED) is 0.837. The minimum atomic E-state index is -3.69. The molecule has 0 amide bonds. The molecule has 2 aromatic carbocycles. The summed E-state index contributed by atoms with van der Waals surface area (Å²) < 4.78 is 139. The third kappa shape index (κ3) is 2.43. The first-order valence-corrected chi connectivity index (χ1v) is 6.29. The summed E-state index contributed by atoms with van der Waals surface area (Å²) in [5.41, 5.74) is -1.39. The van der Waals surface area contributed by atoms with Crippen molar-refractivity contribution in [2.24, 2.45) is 0 Å². The van der Waals surface area contributed by atoms with Gasteiger partial charge in [-0.25, -0.2) is 0 Å². The SMILES string of the molecule is [2H]c1c([2H])c([2H])c2c(c1[2H])Sc1c([2H])c([2H])c([2H])c([2H])c1N2C([2H])([2H])C([2H])(N(C)C([2H])([2H])[2H])C([2H])([2H])[2H]. The highest BCUT2D eigenvalue weighted by Crippen LogP contribution is 2.47. The van der Waals surface area contributed by atoms with Gasteiger partial charge in [-0.1, -0.05) is 35.9 Å². The second kappa shape index (κ2) is 5.51. The molecule has 3 heteroatoms. The van der Waals surface area contributed by atoms with Crippen molar-refractivity contribution in [1.82, 2.24) is 4.90 Å². The van der Waals surface area contributed by atoms with Crippen molar-refractivity contribution in [3.8, 4) is 0 Å². The van der Waals surface area contributed by atoms with Gasteiger partial charge in [0.25, 0.3) is 0 Å². The van der Waals surface area contributed by atoms with Crippen LogP contribution in [0.2, 0.25) is 0 Å². The lowest BCUT2D eigenvalue weighted by Crippen LogP contribution is -2.37. The van der Waals surface area contributed by atoms with E-state index in [1.165, 1.54) is 0 Å². The number of anilines is 2. The highest BCUT2D eigenvalue weighted by molar-refractivity contribution is 7.99. The number of para-hydroxylation sites is 2. The molecule has 0 aliphatic carbocycles. The largest absolute Gasteiger partial charge is 0.338 e. The zero-order valence-corrected chi connectivity index (χ0v) is 11.1. The van der Waals surface area contributed by atoms with Gasteiger partial charge >= 0.3 is 0 Å². The molecule has 2 nitrogen and oxygen atoms in total. The minimum Gasteiger partial charge on any atom is -0.338 e. The number of nitrogens with zero attached hydrogens (tertiary/aromatic N) is 2. The van der Waals surface area contributed by atoms with Crippen molar-refractivity contribution in [3.63, 3.8) is 0 Å². The predicted octanol–water partition coefficient (Wildman–Crippen LogP) is 4.24. The number of fused-ring (bicyclic) bond motifs is 2. The lowest BCUT2D eigenvalue weighted by molar-refractivity contribution is 0.319. The van der Waals surface area contributed by atoms with E-state index < -0.39 is 95.8 Å². The smallest absolute Gasteiger partial charge is 0.0645 e. The number of likely N-dealkylation sites (N-methyl/N-ethyl adjacent to an activating group) is 1. The van der Waals surface area contributed by atoms with Crippen LogP contribution in [-0.2, 0) is 0 Å². The van der Waals surface area contributed by atoms with E-state index in [0.717, 1.165) is 0 Å². The van der Waals surface area contributed by atoms with Gasteiger partial charge in [-0.3, -0.25) is 0 Å². The Hall–Kier alpha value is -1.45. The molecule has 20 heavy (non-hydrogen) atoms.